The van der Waals surface area contributed by atoms with E-state index >= 15 is 0 Å². The fourth-order valence-corrected chi connectivity index (χ4v) is 9.32. The number of rotatable bonds is 29. The molecule has 2 heterocycles. The summed E-state index contributed by atoms with van der Waals surface area (Å²) in [5.74, 6) is -5.74. The molecule has 440 valence electrons. The normalized spacial score (nSPS) is 13.3. The van der Waals surface area contributed by atoms with Gasteiger partial charge in [0.2, 0.25) is 29.5 Å². The molecule has 8 N–H and O–H groups in total. The summed E-state index contributed by atoms with van der Waals surface area (Å²) in [6.45, 7) is 8.07. The Balaban J connectivity index is 1.01. The smallest absolute Gasteiger partial charge is 0.326 e. The first-order chi connectivity index (χ1) is 41.0. The highest BCUT2D eigenvalue weighted by Gasteiger charge is 2.36. The predicted molar refractivity (Wildman–Crippen MR) is 326 cm³/mol. The van der Waals surface area contributed by atoms with Crippen LogP contribution in [0.4, 0.5) is 5.69 Å². The van der Waals surface area contributed by atoms with E-state index < -0.39 is 77.6 Å². The van der Waals surface area contributed by atoms with Crippen molar-refractivity contribution in [2.24, 2.45) is 11.8 Å². The highest BCUT2D eigenvalue weighted by atomic mass is 16.4. The maximum atomic E-state index is 14.6. The van der Waals surface area contributed by atoms with Crippen molar-refractivity contribution in [3.63, 3.8) is 0 Å². The quantitative estimate of drug-likeness (QED) is 0.0212. The molecule has 7 aromatic rings. The van der Waals surface area contributed by atoms with Gasteiger partial charge in [-0.25, -0.2) is 4.79 Å². The number of benzene rings is 5. The van der Waals surface area contributed by atoms with Crippen LogP contribution in [0.15, 0.2) is 182 Å². The van der Waals surface area contributed by atoms with Crippen molar-refractivity contribution < 1.29 is 43.8 Å². The molecule has 0 bridgehead atoms. The number of aliphatic carboxylic acids is 1. The summed E-state index contributed by atoms with van der Waals surface area (Å²) >= 11 is 0. The van der Waals surface area contributed by atoms with E-state index in [0.717, 1.165) is 22.5 Å². The Kier molecular flexibility index (Phi) is 23.3. The van der Waals surface area contributed by atoms with Gasteiger partial charge in [0.15, 0.2) is 0 Å². The molecule has 18 heteroatoms. The van der Waals surface area contributed by atoms with Gasteiger partial charge in [-0.05, 0) is 100 Å². The molecule has 0 spiro atoms. The Labute approximate surface area is 495 Å². The number of carbonyl (C=O) groups excluding carboxylic acids is 6. The van der Waals surface area contributed by atoms with Gasteiger partial charge in [0.25, 0.3) is 5.91 Å². The van der Waals surface area contributed by atoms with E-state index in [0.29, 0.717) is 41.9 Å². The molecule has 6 amide bonds. The fraction of sp³-hybridized carbons (Fsp3) is 0.269. The summed E-state index contributed by atoms with van der Waals surface area (Å²) in [6.07, 6.45) is 7.64. The number of carboxylic acid groups (broad SMARTS) is 1. The van der Waals surface area contributed by atoms with Crippen LogP contribution in [0.1, 0.15) is 83.7 Å². The minimum atomic E-state index is -1.28. The molecule has 85 heavy (non-hydrogen) atoms. The van der Waals surface area contributed by atoms with Gasteiger partial charge in [-0.15, -0.1) is 0 Å². The maximum Gasteiger partial charge on any atom is 0.326 e. The Morgan fingerprint density at radius 1 is 0.506 bits per heavy atom. The molecule has 0 aliphatic rings. The standard InChI is InChI=1S/C67H73N9O9/c1-5-45(4)61(66(83)74-60(44(2)3)65(82)73-58(67(84)85)40-49-18-10-7-11-19-49)75-64(81)57(38-48-16-8-6-9-17-48)72-63(80)56(39-50-28-34-55(77)35-29-50)71-62(79)51-30-24-46(25-31-51)22-23-47-26-32-52(33-27-47)70-59(78)43-76(41-53-20-12-14-36-68-53)42-54-21-13-15-37-69-54/h6-37,44-45,56-58,60-61,77H,5,38-43H2,1-4H3,(H,70,78)(H,71,79)(H,72,80)(H,73,82)(H,74,83)(H,75,81)(H,84,85)/b23-22+/t45-,56-,57-,58-,60-,61-/m0/s1. The molecule has 5 aromatic carbocycles. The number of hydrogen-bond acceptors (Lipinski definition) is 11. The molecule has 7 rings (SSSR count). The molecular formula is C67H73N9O9. The monoisotopic (exact) mass is 1150 g/mol. The first-order valence-electron chi connectivity index (χ1n) is 28.3. The van der Waals surface area contributed by atoms with Crippen molar-refractivity contribution in [2.75, 3.05) is 11.9 Å². The van der Waals surface area contributed by atoms with E-state index in [2.05, 4.69) is 41.9 Å². The first kappa shape index (κ1) is 62.8. The number of hydrogen-bond donors (Lipinski definition) is 8. The molecule has 0 saturated heterocycles. The zero-order valence-electron chi connectivity index (χ0n) is 48.1. The molecule has 2 aromatic heterocycles. The summed E-state index contributed by atoms with van der Waals surface area (Å²) in [4.78, 5) is 108. The number of phenols is 1. The largest absolute Gasteiger partial charge is 0.508 e. The number of pyridine rings is 2. The average molecular weight is 1150 g/mol. The minimum absolute atomic E-state index is 0.00164. The third-order valence-corrected chi connectivity index (χ3v) is 14.3. The number of aromatic nitrogens is 2. The predicted octanol–water partition coefficient (Wildman–Crippen LogP) is 7.55. The second-order valence-corrected chi connectivity index (χ2v) is 21.3. The second kappa shape index (κ2) is 31.6. The summed E-state index contributed by atoms with van der Waals surface area (Å²) in [6, 6.07) is 43.3. The van der Waals surface area contributed by atoms with Crippen LogP contribution < -0.4 is 31.9 Å². The minimum Gasteiger partial charge on any atom is -0.508 e. The lowest BCUT2D eigenvalue weighted by atomic mass is 9.95. The zero-order chi connectivity index (χ0) is 60.7. The lowest BCUT2D eigenvalue weighted by Gasteiger charge is -2.30. The van der Waals surface area contributed by atoms with Gasteiger partial charge in [0, 0.05) is 56.0 Å². The number of nitrogens with one attached hydrogen (secondary N) is 6. The van der Waals surface area contributed by atoms with Crippen LogP contribution in [0.5, 0.6) is 5.75 Å². The molecule has 0 fully saturated rings. The number of phenolic OH excluding ortho intramolecular Hbond substituents is 1. The lowest BCUT2D eigenvalue weighted by Crippen LogP contribution is -2.61. The van der Waals surface area contributed by atoms with Gasteiger partial charge in [0.1, 0.15) is 36.0 Å². The molecule has 6 atom stereocenters. The van der Waals surface area contributed by atoms with Crippen LogP contribution >= 0.6 is 0 Å². The van der Waals surface area contributed by atoms with Gasteiger partial charge >= 0.3 is 5.97 Å². The number of carbonyl (C=O) groups is 7. The van der Waals surface area contributed by atoms with E-state index in [1.807, 2.05) is 90.7 Å². The maximum absolute atomic E-state index is 14.6. The summed E-state index contributed by atoms with van der Waals surface area (Å²) < 4.78 is 0. The Morgan fingerprint density at radius 2 is 0.965 bits per heavy atom. The van der Waals surface area contributed by atoms with Crippen LogP contribution in [-0.2, 0) is 61.1 Å². The van der Waals surface area contributed by atoms with Crippen LogP contribution in [0.25, 0.3) is 12.2 Å². The Hall–Kier alpha value is -9.81. The topological polar surface area (TPSA) is 261 Å². The van der Waals surface area contributed by atoms with Crippen molar-refractivity contribution in [1.82, 2.24) is 41.5 Å². The van der Waals surface area contributed by atoms with E-state index in [-0.39, 0.29) is 43.0 Å². The third kappa shape index (κ3) is 20.0. The number of aromatic hydroxyl groups is 1. The SMILES string of the molecule is CC[C@H](C)[C@H](NC(=O)[C@H](Cc1ccccc1)NC(=O)[C@H](Cc1ccc(O)cc1)NC(=O)c1ccc(/C=C/c2ccc(NC(=O)CN(Cc3ccccn3)Cc3ccccn3)cc2)cc1)C(=O)N[C@H](C(=O)N[C@@H](Cc1ccccc1)C(=O)O)C(C)C. The van der Waals surface area contributed by atoms with Crippen molar-refractivity contribution in [3.05, 3.63) is 227 Å². The molecule has 0 aliphatic carbocycles. The van der Waals surface area contributed by atoms with Gasteiger partial charge < -0.3 is 42.1 Å². The number of amides is 6. The van der Waals surface area contributed by atoms with Gasteiger partial charge in [-0.2, -0.15) is 0 Å². The molecule has 18 nitrogen and oxygen atoms in total. The summed E-state index contributed by atoms with van der Waals surface area (Å²) in [5, 5.41) is 37.0. The highest BCUT2D eigenvalue weighted by Crippen LogP contribution is 2.18. The number of carboxylic acids is 1. The third-order valence-electron chi connectivity index (χ3n) is 14.3. The van der Waals surface area contributed by atoms with Crippen molar-refractivity contribution in [3.8, 4) is 5.75 Å². The zero-order valence-corrected chi connectivity index (χ0v) is 48.1. The molecule has 0 radical (unpaired) electrons. The molecular weight excluding hydrogens is 1070 g/mol. The highest BCUT2D eigenvalue weighted by molar-refractivity contribution is 6.00. The van der Waals surface area contributed by atoms with E-state index in [1.165, 1.54) is 12.1 Å². The fourth-order valence-electron chi connectivity index (χ4n) is 9.32. The van der Waals surface area contributed by atoms with E-state index in [9.17, 15) is 43.8 Å². The van der Waals surface area contributed by atoms with Crippen molar-refractivity contribution in [2.45, 2.75) is 96.7 Å². The second-order valence-electron chi connectivity index (χ2n) is 21.3. The number of anilines is 1. The van der Waals surface area contributed by atoms with Crippen LogP contribution in [0.2, 0.25) is 0 Å². The lowest BCUT2D eigenvalue weighted by molar-refractivity contribution is -0.142. The number of nitrogens with zero attached hydrogens (tertiary/aromatic N) is 3. The first-order valence-corrected chi connectivity index (χ1v) is 28.3. The van der Waals surface area contributed by atoms with Gasteiger partial charge in [0.05, 0.1) is 17.9 Å². The molecule has 0 unspecified atom stereocenters. The van der Waals surface area contributed by atoms with Gasteiger partial charge in [-0.3, -0.25) is 43.6 Å². The van der Waals surface area contributed by atoms with E-state index in [4.69, 9.17) is 0 Å². The molecule has 0 aliphatic heterocycles. The molecule has 0 saturated carbocycles. The van der Waals surface area contributed by atoms with Crippen LogP contribution in [-0.4, -0.2) is 103 Å². The van der Waals surface area contributed by atoms with Gasteiger partial charge in [-0.1, -0.05) is 155 Å². The Bertz CT molecular complexity index is 3290. The average Bonchev–Trinajstić information content (AvgIpc) is 3.54. The van der Waals surface area contributed by atoms with Crippen LogP contribution in [0, 0.1) is 11.8 Å². The Morgan fingerprint density at radius 3 is 1.47 bits per heavy atom. The van der Waals surface area contributed by atoms with E-state index in [1.54, 1.807) is 124 Å². The summed E-state index contributed by atoms with van der Waals surface area (Å²) in [7, 11) is 0. The van der Waals surface area contributed by atoms with Crippen LogP contribution in [0.3, 0.4) is 0 Å². The summed E-state index contributed by atoms with van der Waals surface area (Å²) in [5.41, 5.74) is 6.18. The van der Waals surface area contributed by atoms with Crippen molar-refractivity contribution in [1.29, 1.82) is 0 Å². The van der Waals surface area contributed by atoms with Crippen molar-refractivity contribution >= 4 is 59.3 Å².